The Morgan fingerprint density at radius 1 is 1.31 bits per heavy atom. The van der Waals surface area contributed by atoms with Crippen LogP contribution in [0.3, 0.4) is 0 Å². The molecule has 2 aromatic rings. The first kappa shape index (κ1) is 11.5. The first-order chi connectivity index (χ1) is 7.43. The summed E-state index contributed by atoms with van der Waals surface area (Å²) in [5.41, 5.74) is 2.23. The van der Waals surface area contributed by atoms with Crippen LogP contribution in [0.2, 0.25) is 0 Å². The molecule has 0 spiro atoms. The lowest BCUT2D eigenvalue weighted by atomic mass is 10.2. The third-order valence-electron chi connectivity index (χ3n) is 2.49. The molecule has 5 heteroatoms. The van der Waals surface area contributed by atoms with E-state index in [4.69, 9.17) is 0 Å². The molecule has 0 radical (unpaired) electrons. The normalized spacial score (nSPS) is 14.0. The average molecular weight is 254 g/mol. The number of aromatic nitrogens is 2. The van der Waals surface area contributed by atoms with Crippen molar-refractivity contribution in [3.63, 3.8) is 0 Å². The molecule has 3 rings (SSSR count). The highest BCUT2D eigenvalue weighted by molar-refractivity contribution is 7.15. The molecule has 1 aliphatic rings. The van der Waals surface area contributed by atoms with Gasteiger partial charge in [-0.15, -0.1) is 23.7 Å². The quantitative estimate of drug-likeness (QED) is 0.847. The molecule has 0 saturated heterocycles. The third-order valence-corrected chi connectivity index (χ3v) is 3.61. The number of hydrogen-bond donors (Lipinski definition) is 1. The van der Waals surface area contributed by atoms with Gasteiger partial charge in [-0.2, -0.15) is 0 Å². The largest absolute Gasteiger partial charge is 0.311 e. The van der Waals surface area contributed by atoms with Gasteiger partial charge in [-0.25, -0.2) is 4.98 Å². The van der Waals surface area contributed by atoms with Crippen LogP contribution in [0.15, 0.2) is 24.4 Å². The van der Waals surface area contributed by atoms with Crippen LogP contribution in [0.4, 0.5) is 0 Å². The van der Waals surface area contributed by atoms with Crippen molar-refractivity contribution < 1.29 is 0 Å². The van der Waals surface area contributed by atoms with E-state index in [9.17, 15) is 0 Å². The van der Waals surface area contributed by atoms with Gasteiger partial charge >= 0.3 is 0 Å². The Kier molecular flexibility index (Phi) is 3.53. The van der Waals surface area contributed by atoms with Crippen molar-refractivity contribution in [1.29, 1.82) is 0 Å². The van der Waals surface area contributed by atoms with Crippen molar-refractivity contribution in [3.05, 3.63) is 35.0 Å². The molecule has 0 amide bonds. The summed E-state index contributed by atoms with van der Waals surface area (Å²) in [5.74, 6) is 0. The van der Waals surface area contributed by atoms with Crippen LogP contribution in [0.25, 0.3) is 10.7 Å². The summed E-state index contributed by atoms with van der Waals surface area (Å²) in [6, 6.07) is 5.94. The predicted octanol–water partition coefficient (Wildman–Crippen LogP) is 2.27. The number of pyridine rings is 1. The minimum atomic E-state index is 0. The van der Waals surface area contributed by atoms with Crippen LogP contribution in [0.5, 0.6) is 0 Å². The summed E-state index contributed by atoms with van der Waals surface area (Å²) in [6.07, 6.45) is 2.85. The van der Waals surface area contributed by atoms with Gasteiger partial charge in [-0.3, -0.25) is 4.98 Å². The second-order valence-electron chi connectivity index (χ2n) is 3.53. The van der Waals surface area contributed by atoms with Crippen LogP contribution < -0.4 is 5.32 Å². The van der Waals surface area contributed by atoms with Crippen molar-refractivity contribution >= 4 is 23.7 Å². The van der Waals surface area contributed by atoms with E-state index in [1.165, 1.54) is 10.6 Å². The maximum absolute atomic E-state index is 4.64. The number of fused-ring (bicyclic) bond motifs is 1. The summed E-state index contributed by atoms with van der Waals surface area (Å²) >= 11 is 1.75. The molecule has 16 heavy (non-hydrogen) atoms. The molecule has 0 unspecified atom stereocenters. The summed E-state index contributed by atoms with van der Waals surface area (Å²) < 4.78 is 0. The van der Waals surface area contributed by atoms with E-state index in [0.29, 0.717) is 0 Å². The molecular formula is C11H12ClN3S. The molecule has 3 nitrogen and oxygen atoms in total. The predicted molar refractivity (Wildman–Crippen MR) is 68.0 cm³/mol. The number of halogens is 1. The minimum Gasteiger partial charge on any atom is -0.311 e. The number of thiazole rings is 1. The molecule has 1 N–H and O–H groups in total. The van der Waals surface area contributed by atoms with E-state index < -0.39 is 0 Å². The highest BCUT2D eigenvalue weighted by Gasteiger charge is 2.15. The van der Waals surface area contributed by atoms with Gasteiger partial charge in [0.1, 0.15) is 5.01 Å². The molecule has 0 saturated carbocycles. The average Bonchev–Trinajstić information content (AvgIpc) is 2.74. The zero-order valence-corrected chi connectivity index (χ0v) is 10.3. The fraction of sp³-hybridized carbons (Fsp3) is 0.273. The lowest BCUT2D eigenvalue weighted by Gasteiger charge is -2.09. The molecule has 0 aromatic carbocycles. The summed E-state index contributed by atoms with van der Waals surface area (Å²) in [7, 11) is 0. The van der Waals surface area contributed by atoms with Gasteiger partial charge < -0.3 is 5.32 Å². The smallest absolute Gasteiger partial charge is 0.142 e. The maximum atomic E-state index is 4.64. The highest BCUT2D eigenvalue weighted by atomic mass is 35.5. The lowest BCUT2D eigenvalue weighted by molar-refractivity contribution is 0.644. The van der Waals surface area contributed by atoms with Crippen molar-refractivity contribution in [2.75, 3.05) is 6.54 Å². The number of nitrogens with one attached hydrogen (secondary N) is 1. The molecule has 0 bridgehead atoms. The summed E-state index contributed by atoms with van der Waals surface area (Å²) in [4.78, 5) is 10.3. The van der Waals surface area contributed by atoms with Crippen LogP contribution in [-0.4, -0.2) is 16.5 Å². The van der Waals surface area contributed by atoms with Crippen LogP contribution >= 0.6 is 23.7 Å². The van der Waals surface area contributed by atoms with Gasteiger partial charge in [0, 0.05) is 30.6 Å². The Morgan fingerprint density at radius 2 is 2.25 bits per heavy atom. The van der Waals surface area contributed by atoms with Gasteiger partial charge in [-0.05, 0) is 12.1 Å². The van der Waals surface area contributed by atoms with Gasteiger partial charge in [0.05, 0.1) is 11.4 Å². The van der Waals surface area contributed by atoms with Crippen molar-refractivity contribution in [2.45, 2.75) is 13.0 Å². The topological polar surface area (TPSA) is 37.8 Å². The van der Waals surface area contributed by atoms with Gasteiger partial charge in [0.15, 0.2) is 0 Å². The Balaban J connectivity index is 0.000000963. The number of hydrogen-bond acceptors (Lipinski definition) is 4. The fourth-order valence-corrected chi connectivity index (χ4v) is 2.78. The van der Waals surface area contributed by atoms with E-state index in [2.05, 4.69) is 15.3 Å². The molecule has 2 aromatic heterocycles. The highest BCUT2D eigenvalue weighted by Crippen LogP contribution is 2.28. The van der Waals surface area contributed by atoms with E-state index >= 15 is 0 Å². The van der Waals surface area contributed by atoms with Crippen LogP contribution in [-0.2, 0) is 13.0 Å². The molecule has 3 heterocycles. The van der Waals surface area contributed by atoms with Crippen LogP contribution in [0.1, 0.15) is 10.6 Å². The summed E-state index contributed by atoms with van der Waals surface area (Å²) in [6.45, 7) is 2.00. The fourth-order valence-electron chi connectivity index (χ4n) is 1.72. The standard InChI is InChI=1S/C11H11N3S.ClH/c1-2-5-13-9(3-1)11-14-8-4-6-12-7-10(8)15-11;/h1-3,5,12H,4,6-7H2;1H. The summed E-state index contributed by atoms with van der Waals surface area (Å²) in [5, 5.41) is 4.40. The zero-order chi connectivity index (χ0) is 10.1. The maximum Gasteiger partial charge on any atom is 0.142 e. The molecule has 84 valence electrons. The van der Waals surface area contributed by atoms with E-state index in [1.807, 2.05) is 24.4 Å². The van der Waals surface area contributed by atoms with Crippen molar-refractivity contribution in [3.8, 4) is 10.7 Å². The van der Waals surface area contributed by atoms with Gasteiger partial charge in [-0.1, -0.05) is 6.07 Å². The minimum absolute atomic E-state index is 0. The van der Waals surface area contributed by atoms with Gasteiger partial charge in [0.2, 0.25) is 0 Å². The zero-order valence-electron chi connectivity index (χ0n) is 8.64. The first-order valence-corrected chi connectivity index (χ1v) is 5.86. The Bertz CT molecular complexity index is 446. The van der Waals surface area contributed by atoms with Crippen molar-refractivity contribution in [2.24, 2.45) is 0 Å². The van der Waals surface area contributed by atoms with E-state index in [0.717, 1.165) is 30.2 Å². The van der Waals surface area contributed by atoms with Gasteiger partial charge in [0.25, 0.3) is 0 Å². The Hall–Kier alpha value is -0.970. The monoisotopic (exact) mass is 253 g/mol. The van der Waals surface area contributed by atoms with Crippen LogP contribution in [0, 0.1) is 0 Å². The third kappa shape index (κ3) is 2.09. The molecule has 1 aliphatic heterocycles. The molecule has 0 fully saturated rings. The Labute approximate surface area is 104 Å². The lowest BCUT2D eigenvalue weighted by Crippen LogP contribution is -2.22. The molecule has 0 atom stereocenters. The SMILES string of the molecule is Cl.c1ccc(-c2nc3c(s2)CNCC3)nc1. The first-order valence-electron chi connectivity index (χ1n) is 5.04. The Morgan fingerprint density at radius 3 is 3.00 bits per heavy atom. The number of nitrogens with zero attached hydrogens (tertiary/aromatic N) is 2. The number of rotatable bonds is 1. The van der Waals surface area contributed by atoms with E-state index in [-0.39, 0.29) is 12.4 Å². The second kappa shape index (κ2) is 4.91. The van der Waals surface area contributed by atoms with E-state index in [1.54, 1.807) is 11.3 Å². The molecule has 0 aliphatic carbocycles. The molecular weight excluding hydrogens is 242 g/mol. The second-order valence-corrected chi connectivity index (χ2v) is 4.61. The van der Waals surface area contributed by atoms with Crippen molar-refractivity contribution in [1.82, 2.24) is 15.3 Å².